The van der Waals surface area contributed by atoms with Crippen molar-refractivity contribution in [2.75, 3.05) is 56.5 Å². The molecule has 2 aromatic carbocycles. The fraction of sp³-hybridized carbons (Fsp3) is 0.409. The predicted molar refractivity (Wildman–Crippen MR) is 129 cm³/mol. The van der Waals surface area contributed by atoms with Crippen LogP contribution in [-0.2, 0) is 10.0 Å². The summed E-state index contributed by atoms with van der Waals surface area (Å²) < 4.78 is 27.4. The molecule has 1 N–H and O–H groups in total. The van der Waals surface area contributed by atoms with Crippen LogP contribution in [0.5, 0.6) is 0 Å². The largest absolute Gasteiger partial charge is 0.367 e. The fourth-order valence-electron chi connectivity index (χ4n) is 4.04. The van der Waals surface area contributed by atoms with Gasteiger partial charge in [-0.3, -0.25) is 4.79 Å². The molecule has 2 aliphatic heterocycles. The molecule has 32 heavy (non-hydrogen) atoms. The normalized spacial score (nSPS) is 18.2. The zero-order valence-corrected chi connectivity index (χ0v) is 20.2. The van der Waals surface area contributed by atoms with Crippen molar-refractivity contribution in [2.24, 2.45) is 0 Å². The lowest BCUT2D eigenvalue weighted by Crippen LogP contribution is -2.44. The summed E-state index contributed by atoms with van der Waals surface area (Å²) in [7, 11) is -1.67. The first-order valence-electron chi connectivity index (χ1n) is 10.6. The lowest BCUT2D eigenvalue weighted by Gasteiger charge is -2.35. The molecule has 2 fully saturated rings. The van der Waals surface area contributed by atoms with Crippen molar-refractivity contribution in [2.45, 2.75) is 17.7 Å². The van der Waals surface area contributed by atoms with Gasteiger partial charge in [0.15, 0.2) is 0 Å². The van der Waals surface area contributed by atoms with Gasteiger partial charge in [0.25, 0.3) is 5.91 Å². The lowest BCUT2D eigenvalue weighted by atomic mass is 10.1. The summed E-state index contributed by atoms with van der Waals surface area (Å²) in [4.78, 5) is 17.5. The molecule has 0 spiro atoms. The van der Waals surface area contributed by atoms with Crippen molar-refractivity contribution in [1.82, 2.24) is 9.21 Å². The molecule has 10 heteroatoms. The highest BCUT2D eigenvalue weighted by molar-refractivity contribution is 7.89. The van der Waals surface area contributed by atoms with E-state index in [1.807, 2.05) is 6.07 Å². The van der Waals surface area contributed by atoms with E-state index in [0.29, 0.717) is 23.8 Å². The van der Waals surface area contributed by atoms with Crippen LogP contribution in [0.15, 0.2) is 41.3 Å². The predicted octanol–water partition coefficient (Wildman–Crippen LogP) is 3.78. The van der Waals surface area contributed by atoms with Gasteiger partial charge in [0.1, 0.15) is 4.90 Å². The van der Waals surface area contributed by atoms with Gasteiger partial charge >= 0.3 is 0 Å². The van der Waals surface area contributed by atoms with Crippen LogP contribution in [-0.4, -0.2) is 69.8 Å². The number of likely N-dealkylation sites (N-methyl/N-ethyl adjacent to an activating group) is 1. The first-order chi connectivity index (χ1) is 15.3. The van der Waals surface area contributed by atoms with Gasteiger partial charge in [0.05, 0.1) is 16.4 Å². The number of piperazine rings is 1. The number of hydrogen-bond donors (Lipinski definition) is 1. The molecule has 7 nitrogen and oxygen atoms in total. The number of carbonyl (C=O) groups excluding carboxylic acids is 1. The topological polar surface area (TPSA) is 73.0 Å². The molecule has 4 rings (SSSR count). The van der Waals surface area contributed by atoms with Gasteiger partial charge in [-0.1, -0.05) is 23.2 Å². The number of nitrogens with zero attached hydrogens (tertiary/aromatic N) is 3. The molecule has 2 saturated heterocycles. The molecule has 0 unspecified atom stereocenters. The Hall–Kier alpha value is -1.84. The Labute approximate surface area is 198 Å². The molecular formula is C22H26Cl2N4O3S. The van der Waals surface area contributed by atoms with Gasteiger partial charge in [-0.15, -0.1) is 0 Å². The van der Waals surface area contributed by atoms with Gasteiger partial charge in [0.2, 0.25) is 10.0 Å². The van der Waals surface area contributed by atoms with E-state index in [1.54, 1.807) is 12.1 Å². The smallest absolute Gasteiger partial charge is 0.255 e. The van der Waals surface area contributed by atoms with Crippen molar-refractivity contribution in [1.29, 1.82) is 0 Å². The summed E-state index contributed by atoms with van der Waals surface area (Å²) in [5.41, 5.74) is 1.69. The van der Waals surface area contributed by atoms with Crippen molar-refractivity contribution in [3.05, 3.63) is 52.0 Å². The maximum absolute atomic E-state index is 13.1. The second-order valence-corrected chi connectivity index (χ2v) is 10.9. The van der Waals surface area contributed by atoms with E-state index in [2.05, 4.69) is 22.2 Å². The monoisotopic (exact) mass is 496 g/mol. The van der Waals surface area contributed by atoms with E-state index in [1.165, 1.54) is 22.5 Å². The summed E-state index contributed by atoms with van der Waals surface area (Å²) in [5, 5.41) is 3.53. The number of benzene rings is 2. The number of halogens is 2. The second-order valence-electron chi connectivity index (χ2n) is 8.16. The molecular weight excluding hydrogens is 471 g/mol. The number of hydrogen-bond acceptors (Lipinski definition) is 5. The van der Waals surface area contributed by atoms with E-state index in [9.17, 15) is 13.2 Å². The Bertz CT molecular complexity index is 1110. The Kier molecular flexibility index (Phi) is 6.97. The van der Waals surface area contributed by atoms with Crippen LogP contribution in [0.25, 0.3) is 0 Å². The van der Waals surface area contributed by atoms with Crippen molar-refractivity contribution >= 4 is 50.5 Å². The molecule has 0 atom stereocenters. The minimum atomic E-state index is -3.75. The number of anilines is 2. The maximum atomic E-state index is 13.1. The highest BCUT2D eigenvalue weighted by Crippen LogP contribution is 2.32. The summed E-state index contributed by atoms with van der Waals surface area (Å²) in [6.07, 6.45) is 1.64. The molecule has 0 aliphatic carbocycles. The first kappa shape index (κ1) is 23.3. The summed E-state index contributed by atoms with van der Waals surface area (Å²) in [5.74, 6) is -0.419. The lowest BCUT2D eigenvalue weighted by molar-refractivity contribution is 0.102. The average molecular weight is 497 g/mol. The minimum Gasteiger partial charge on any atom is -0.367 e. The van der Waals surface area contributed by atoms with E-state index in [-0.39, 0.29) is 15.5 Å². The summed E-state index contributed by atoms with van der Waals surface area (Å²) in [6.45, 7) is 4.44. The van der Waals surface area contributed by atoms with E-state index < -0.39 is 15.9 Å². The Morgan fingerprint density at radius 2 is 1.62 bits per heavy atom. The van der Waals surface area contributed by atoms with Crippen molar-refractivity contribution in [3.63, 3.8) is 0 Å². The second kappa shape index (κ2) is 9.57. The van der Waals surface area contributed by atoms with Crippen LogP contribution in [0.1, 0.15) is 23.2 Å². The molecule has 0 saturated carbocycles. The quantitative estimate of drug-likeness (QED) is 0.681. The van der Waals surface area contributed by atoms with Crippen LogP contribution < -0.4 is 10.2 Å². The molecule has 0 bridgehead atoms. The maximum Gasteiger partial charge on any atom is 0.255 e. The third kappa shape index (κ3) is 4.89. The van der Waals surface area contributed by atoms with Gasteiger partial charge < -0.3 is 15.1 Å². The van der Waals surface area contributed by atoms with Crippen LogP contribution in [0.4, 0.5) is 11.4 Å². The standard InChI is InChI=1S/C22H26Cl2N4O3S/c1-26-10-12-27(13-11-26)20-7-5-17(23)15-19(20)25-22(29)16-4-6-18(24)21(14-16)32(30,31)28-8-2-3-9-28/h4-7,14-15H,2-3,8-13H2,1H3,(H,25,29). The molecule has 172 valence electrons. The molecule has 2 heterocycles. The number of carbonyl (C=O) groups is 1. The van der Waals surface area contributed by atoms with Crippen LogP contribution in [0, 0.1) is 0 Å². The van der Waals surface area contributed by atoms with Gasteiger partial charge in [-0.05, 0) is 56.3 Å². The third-order valence-electron chi connectivity index (χ3n) is 5.93. The van der Waals surface area contributed by atoms with Crippen LogP contribution in [0.3, 0.4) is 0 Å². The molecule has 1 amide bonds. The highest BCUT2D eigenvalue weighted by atomic mass is 35.5. The molecule has 2 aliphatic rings. The number of rotatable bonds is 5. The van der Waals surface area contributed by atoms with Crippen molar-refractivity contribution in [3.8, 4) is 0 Å². The van der Waals surface area contributed by atoms with Gasteiger partial charge in [0, 0.05) is 49.9 Å². The van der Waals surface area contributed by atoms with E-state index in [0.717, 1.165) is 44.7 Å². The number of nitrogens with one attached hydrogen (secondary N) is 1. The van der Waals surface area contributed by atoms with Crippen molar-refractivity contribution < 1.29 is 13.2 Å². The summed E-state index contributed by atoms with van der Waals surface area (Å²) >= 11 is 12.4. The fourth-order valence-corrected chi connectivity index (χ4v) is 6.23. The molecule has 0 radical (unpaired) electrons. The van der Waals surface area contributed by atoms with E-state index in [4.69, 9.17) is 23.2 Å². The first-order valence-corrected chi connectivity index (χ1v) is 12.8. The summed E-state index contributed by atoms with van der Waals surface area (Å²) in [6, 6.07) is 9.75. The Morgan fingerprint density at radius 1 is 0.938 bits per heavy atom. The van der Waals surface area contributed by atoms with Gasteiger partial charge in [-0.25, -0.2) is 8.42 Å². The number of sulfonamides is 1. The minimum absolute atomic E-state index is 0.0425. The molecule has 0 aromatic heterocycles. The third-order valence-corrected chi connectivity index (χ3v) is 8.54. The number of amides is 1. The Balaban J connectivity index is 1.60. The van der Waals surface area contributed by atoms with Gasteiger partial charge in [-0.2, -0.15) is 4.31 Å². The molecule has 2 aromatic rings. The van der Waals surface area contributed by atoms with E-state index >= 15 is 0 Å². The highest BCUT2D eigenvalue weighted by Gasteiger charge is 2.30. The zero-order chi connectivity index (χ0) is 22.9. The Morgan fingerprint density at radius 3 is 2.31 bits per heavy atom. The van der Waals surface area contributed by atoms with Crippen LogP contribution in [0.2, 0.25) is 10.0 Å². The zero-order valence-electron chi connectivity index (χ0n) is 17.9. The average Bonchev–Trinajstić information content (AvgIpc) is 3.31. The van der Waals surface area contributed by atoms with Crippen LogP contribution >= 0.6 is 23.2 Å². The SMILES string of the molecule is CN1CCN(c2ccc(Cl)cc2NC(=O)c2ccc(Cl)c(S(=O)(=O)N3CCCC3)c2)CC1.